The Balaban J connectivity index is 0.00000169. The molecule has 0 aromatic rings. The van der Waals surface area contributed by atoms with Crippen molar-refractivity contribution in [3.8, 4) is 0 Å². The van der Waals surface area contributed by atoms with Gasteiger partial charge in [-0.15, -0.1) is 0 Å². The maximum Gasteiger partial charge on any atom is 1.00 e. The maximum atomic E-state index is 10.8. The molecule has 0 saturated carbocycles. The van der Waals surface area contributed by atoms with Gasteiger partial charge in [0.25, 0.3) is 0 Å². The molecule has 1 unspecified atom stereocenters. The second-order valence-electron chi connectivity index (χ2n) is 3.07. The molecule has 0 saturated heterocycles. The van der Waals surface area contributed by atoms with Gasteiger partial charge in [0.2, 0.25) is 0 Å². The minimum Gasteiger partial charge on any atom is -0.746 e. The van der Waals surface area contributed by atoms with Gasteiger partial charge in [0.15, 0.2) is 0 Å². The molecule has 0 aromatic heterocycles. The molecule has 76 valence electrons. The molecular formula is C7H13N2NaO3S. The summed E-state index contributed by atoms with van der Waals surface area (Å²) in [5, 5.41) is -0.936. The predicted molar refractivity (Wildman–Crippen MR) is 47.4 cm³/mol. The van der Waals surface area contributed by atoms with E-state index in [4.69, 9.17) is 0 Å². The molecule has 0 aliphatic carbocycles. The van der Waals surface area contributed by atoms with Crippen LogP contribution in [0.5, 0.6) is 0 Å². The third kappa shape index (κ3) is 3.43. The van der Waals surface area contributed by atoms with Crippen molar-refractivity contribution in [1.29, 1.82) is 0 Å². The first-order valence-corrected chi connectivity index (χ1v) is 5.51. The molecule has 0 fully saturated rings. The van der Waals surface area contributed by atoms with Crippen molar-refractivity contribution in [2.45, 2.75) is 18.7 Å². The normalized spacial score (nSPS) is 18.2. The third-order valence-electron chi connectivity index (χ3n) is 1.95. The van der Waals surface area contributed by atoms with Crippen LogP contribution in [0.3, 0.4) is 0 Å². The first kappa shape index (κ1) is 14.2. The zero-order chi connectivity index (χ0) is 10.1. The van der Waals surface area contributed by atoms with Crippen molar-refractivity contribution in [2.75, 3.05) is 13.7 Å². The summed E-state index contributed by atoms with van der Waals surface area (Å²) in [5.41, 5.74) is 0. The van der Waals surface area contributed by atoms with Gasteiger partial charge >= 0.3 is 29.6 Å². The Morgan fingerprint density at radius 2 is 2.07 bits per heavy atom. The van der Waals surface area contributed by atoms with Crippen LogP contribution in [0.2, 0.25) is 0 Å². The summed E-state index contributed by atoms with van der Waals surface area (Å²) in [6.07, 6.45) is 3.68. The van der Waals surface area contributed by atoms with Gasteiger partial charge in [0.05, 0.1) is 6.67 Å². The molecule has 0 spiro atoms. The molecule has 0 bridgehead atoms. The molecule has 1 rings (SSSR count). The van der Waals surface area contributed by atoms with Crippen LogP contribution in [0.15, 0.2) is 12.4 Å². The van der Waals surface area contributed by atoms with Crippen LogP contribution in [-0.4, -0.2) is 41.9 Å². The van der Waals surface area contributed by atoms with Gasteiger partial charge in [0.1, 0.15) is 15.5 Å². The zero-order valence-electron chi connectivity index (χ0n) is 8.67. The Morgan fingerprint density at radius 3 is 2.36 bits per heavy atom. The van der Waals surface area contributed by atoms with Gasteiger partial charge in [0, 0.05) is 19.4 Å². The summed E-state index contributed by atoms with van der Waals surface area (Å²) in [7, 11) is -2.40. The second-order valence-corrected chi connectivity index (χ2v) is 4.60. The summed E-state index contributed by atoms with van der Waals surface area (Å²) >= 11 is 0. The van der Waals surface area contributed by atoms with Crippen molar-refractivity contribution in [2.24, 2.45) is 0 Å². The summed E-state index contributed by atoms with van der Waals surface area (Å²) in [5.74, 6) is 0. The average molecular weight is 228 g/mol. The van der Waals surface area contributed by atoms with E-state index in [1.54, 1.807) is 19.3 Å². The van der Waals surface area contributed by atoms with Crippen molar-refractivity contribution < 1.29 is 42.5 Å². The van der Waals surface area contributed by atoms with Crippen LogP contribution in [0.25, 0.3) is 0 Å². The minimum absolute atomic E-state index is 0. The number of nitrogens with zero attached hydrogens (tertiary/aromatic N) is 2. The molecule has 0 N–H and O–H groups in total. The van der Waals surface area contributed by atoms with Crippen LogP contribution in [-0.2, 0) is 10.1 Å². The molecule has 1 heterocycles. The molecule has 0 radical (unpaired) electrons. The van der Waals surface area contributed by atoms with E-state index in [1.807, 2.05) is 11.9 Å². The van der Waals surface area contributed by atoms with E-state index in [0.717, 1.165) is 0 Å². The van der Waals surface area contributed by atoms with E-state index in [0.29, 0.717) is 13.1 Å². The predicted octanol–water partition coefficient (Wildman–Crippen LogP) is -3.05. The smallest absolute Gasteiger partial charge is 0.746 e. The van der Waals surface area contributed by atoms with Gasteiger partial charge in [-0.3, -0.25) is 0 Å². The fourth-order valence-electron chi connectivity index (χ4n) is 1.34. The van der Waals surface area contributed by atoms with E-state index in [9.17, 15) is 13.0 Å². The van der Waals surface area contributed by atoms with Gasteiger partial charge in [-0.1, -0.05) is 6.92 Å². The van der Waals surface area contributed by atoms with Gasteiger partial charge in [-0.25, -0.2) is 8.42 Å². The first-order chi connectivity index (χ1) is 5.95. The molecule has 5 nitrogen and oxygen atoms in total. The quantitative estimate of drug-likeness (QED) is 0.379. The van der Waals surface area contributed by atoms with Crippen LogP contribution >= 0.6 is 0 Å². The number of rotatable bonds is 3. The van der Waals surface area contributed by atoms with E-state index < -0.39 is 15.5 Å². The Kier molecular flexibility index (Phi) is 5.46. The van der Waals surface area contributed by atoms with Crippen molar-refractivity contribution in [3.63, 3.8) is 0 Å². The maximum absolute atomic E-state index is 10.8. The summed E-state index contributed by atoms with van der Waals surface area (Å²) in [6.45, 7) is 2.15. The molecule has 0 amide bonds. The van der Waals surface area contributed by atoms with Gasteiger partial charge in [-0.05, 0) is 6.42 Å². The second kappa shape index (κ2) is 5.37. The van der Waals surface area contributed by atoms with Crippen LogP contribution in [0, 0.1) is 0 Å². The number of hydrogen-bond donors (Lipinski definition) is 0. The monoisotopic (exact) mass is 228 g/mol. The standard InChI is InChI=1S/C7H14N2O3S.Na/c1-3-7(13(10,11)12)9-5-4-8(2)6-9;/h4-5,7H,3,6H2,1-2H3,(H,10,11,12);/q;+1/p-1. The molecule has 1 aliphatic heterocycles. The fourth-order valence-corrected chi connectivity index (χ4v) is 2.22. The zero-order valence-corrected chi connectivity index (χ0v) is 11.5. The van der Waals surface area contributed by atoms with E-state index >= 15 is 0 Å². The Hall–Kier alpha value is 0.250. The van der Waals surface area contributed by atoms with Gasteiger partial charge in [-0.2, -0.15) is 0 Å². The number of hydrogen-bond acceptors (Lipinski definition) is 5. The topological polar surface area (TPSA) is 63.7 Å². The molecular weight excluding hydrogens is 215 g/mol. The van der Waals surface area contributed by atoms with Crippen molar-refractivity contribution in [3.05, 3.63) is 12.4 Å². The Bertz CT molecular complexity index is 304. The molecule has 14 heavy (non-hydrogen) atoms. The fraction of sp³-hybridized carbons (Fsp3) is 0.714. The van der Waals surface area contributed by atoms with E-state index in [-0.39, 0.29) is 29.6 Å². The molecule has 1 aliphatic rings. The molecule has 1 atom stereocenters. The first-order valence-electron chi connectivity index (χ1n) is 4.04. The van der Waals surface area contributed by atoms with Crippen LogP contribution in [0.1, 0.15) is 13.3 Å². The third-order valence-corrected chi connectivity index (χ3v) is 3.22. The van der Waals surface area contributed by atoms with Crippen LogP contribution in [0.4, 0.5) is 0 Å². The van der Waals surface area contributed by atoms with Crippen LogP contribution < -0.4 is 29.6 Å². The Labute approximate surface area is 107 Å². The van der Waals surface area contributed by atoms with E-state index in [2.05, 4.69) is 0 Å². The summed E-state index contributed by atoms with van der Waals surface area (Å²) in [6, 6.07) is 0. The summed E-state index contributed by atoms with van der Waals surface area (Å²) < 4.78 is 32.4. The SMILES string of the molecule is CCC(N1C=CN(C)C1)S(=O)(=O)[O-].[Na+]. The van der Waals surface area contributed by atoms with Crippen molar-refractivity contribution in [1.82, 2.24) is 9.80 Å². The Morgan fingerprint density at radius 1 is 1.50 bits per heavy atom. The molecule has 7 heteroatoms. The average Bonchev–Trinajstić information content (AvgIpc) is 2.34. The van der Waals surface area contributed by atoms with E-state index in [1.165, 1.54) is 4.90 Å². The van der Waals surface area contributed by atoms with Crippen molar-refractivity contribution >= 4 is 10.1 Å². The molecule has 0 aromatic carbocycles. The summed E-state index contributed by atoms with van der Waals surface area (Å²) in [4.78, 5) is 3.34. The largest absolute Gasteiger partial charge is 1.00 e. The minimum atomic E-state index is -4.22. The van der Waals surface area contributed by atoms with Gasteiger partial charge < -0.3 is 14.4 Å².